The van der Waals surface area contributed by atoms with E-state index in [0.29, 0.717) is 5.95 Å². The summed E-state index contributed by atoms with van der Waals surface area (Å²) in [6.07, 6.45) is 5.52. The number of rotatable bonds is 3. The standard InChI is InChI=1S/C10H13N5/c1-3-15-7-8(6-13-15)9-4-5-12-10(11-2)14-9/h4-7H,3H2,1-2H3,(H,11,12,14). The van der Waals surface area contributed by atoms with Gasteiger partial charge in [-0.25, -0.2) is 9.97 Å². The van der Waals surface area contributed by atoms with Gasteiger partial charge < -0.3 is 5.32 Å². The lowest BCUT2D eigenvalue weighted by Crippen LogP contribution is -1.96. The van der Waals surface area contributed by atoms with E-state index in [2.05, 4.69) is 27.3 Å². The lowest BCUT2D eigenvalue weighted by Gasteiger charge is -1.99. The predicted octanol–water partition coefficient (Wildman–Crippen LogP) is 1.40. The highest BCUT2D eigenvalue weighted by Crippen LogP contribution is 2.16. The molecule has 0 aliphatic carbocycles. The van der Waals surface area contributed by atoms with Gasteiger partial charge in [-0.3, -0.25) is 4.68 Å². The molecular weight excluding hydrogens is 190 g/mol. The van der Waals surface area contributed by atoms with Crippen LogP contribution in [0.5, 0.6) is 0 Å². The van der Waals surface area contributed by atoms with Crippen LogP contribution >= 0.6 is 0 Å². The molecular formula is C10H13N5. The molecule has 1 N–H and O–H groups in total. The molecule has 0 bridgehead atoms. The van der Waals surface area contributed by atoms with Crippen molar-refractivity contribution in [3.8, 4) is 11.3 Å². The van der Waals surface area contributed by atoms with Gasteiger partial charge in [0.15, 0.2) is 0 Å². The summed E-state index contributed by atoms with van der Waals surface area (Å²) in [6.45, 7) is 2.92. The Kier molecular flexibility index (Phi) is 2.62. The van der Waals surface area contributed by atoms with Crippen LogP contribution in [0.1, 0.15) is 6.92 Å². The van der Waals surface area contributed by atoms with Crippen molar-refractivity contribution in [1.29, 1.82) is 0 Å². The fraction of sp³-hybridized carbons (Fsp3) is 0.300. The second kappa shape index (κ2) is 4.08. The molecule has 5 heteroatoms. The zero-order valence-electron chi connectivity index (χ0n) is 8.81. The third-order valence-corrected chi connectivity index (χ3v) is 2.13. The average Bonchev–Trinajstić information content (AvgIpc) is 2.78. The molecule has 0 radical (unpaired) electrons. The maximum absolute atomic E-state index is 4.33. The number of aryl methyl sites for hydroxylation is 1. The number of aromatic nitrogens is 4. The first-order valence-electron chi connectivity index (χ1n) is 4.87. The number of hydrogen-bond acceptors (Lipinski definition) is 4. The van der Waals surface area contributed by atoms with Gasteiger partial charge in [-0.15, -0.1) is 0 Å². The Hall–Kier alpha value is -1.91. The zero-order chi connectivity index (χ0) is 10.7. The normalized spacial score (nSPS) is 10.3. The third kappa shape index (κ3) is 1.96. The molecule has 0 saturated heterocycles. The summed E-state index contributed by atoms with van der Waals surface area (Å²) in [5.41, 5.74) is 1.89. The number of nitrogens with zero attached hydrogens (tertiary/aromatic N) is 4. The van der Waals surface area contributed by atoms with Crippen LogP contribution in [0.4, 0.5) is 5.95 Å². The Labute approximate surface area is 88.2 Å². The van der Waals surface area contributed by atoms with E-state index >= 15 is 0 Å². The summed E-state index contributed by atoms with van der Waals surface area (Å²) in [5, 5.41) is 7.11. The Morgan fingerprint density at radius 2 is 2.33 bits per heavy atom. The fourth-order valence-electron chi connectivity index (χ4n) is 1.31. The molecule has 5 nitrogen and oxygen atoms in total. The highest BCUT2D eigenvalue weighted by molar-refractivity contribution is 5.57. The fourth-order valence-corrected chi connectivity index (χ4v) is 1.31. The van der Waals surface area contributed by atoms with E-state index in [1.165, 1.54) is 0 Å². The van der Waals surface area contributed by atoms with Crippen molar-refractivity contribution >= 4 is 5.95 Å². The van der Waals surface area contributed by atoms with Gasteiger partial charge in [0.1, 0.15) is 0 Å². The topological polar surface area (TPSA) is 55.6 Å². The molecule has 2 heterocycles. The van der Waals surface area contributed by atoms with Crippen molar-refractivity contribution < 1.29 is 0 Å². The maximum Gasteiger partial charge on any atom is 0.222 e. The van der Waals surface area contributed by atoms with Crippen molar-refractivity contribution in [3.63, 3.8) is 0 Å². The molecule has 2 rings (SSSR count). The zero-order valence-corrected chi connectivity index (χ0v) is 8.81. The molecule has 0 aromatic carbocycles. The first-order valence-corrected chi connectivity index (χ1v) is 4.87. The molecule has 78 valence electrons. The molecule has 0 aliphatic heterocycles. The minimum Gasteiger partial charge on any atom is -0.357 e. The van der Waals surface area contributed by atoms with E-state index in [1.807, 2.05) is 23.1 Å². The number of nitrogens with one attached hydrogen (secondary N) is 1. The first-order chi connectivity index (χ1) is 7.33. The molecule has 0 unspecified atom stereocenters. The van der Waals surface area contributed by atoms with E-state index < -0.39 is 0 Å². The smallest absolute Gasteiger partial charge is 0.222 e. The van der Waals surface area contributed by atoms with Gasteiger partial charge in [0.05, 0.1) is 11.9 Å². The number of anilines is 1. The van der Waals surface area contributed by atoms with Crippen molar-refractivity contribution in [2.45, 2.75) is 13.5 Å². The van der Waals surface area contributed by atoms with E-state index in [-0.39, 0.29) is 0 Å². The molecule has 0 spiro atoms. The SMILES string of the molecule is CCn1cc(-c2ccnc(NC)n2)cn1. The van der Waals surface area contributed by atoms with Crippen LogP contribution in [-0.4, -0.2) is 26.8 Å². The molecule has 0 fully saturated rings. The molecule has 0 amide bonds. The summed E-state index contributed by atoms with van der Waals surface area (Å²) >= 11 is 0. The largest absolute Gasteiger partial charge is 0.357 e. The van der Waals surface area contributed by atoms with Crippen LogP contribution in [0.25, 0.3) is 11.3 Å². The van der Waals surface area contributed by atoms with Gasteiger partial charge in [0, 0.05) is 31.5 Å². The maximum atomic E-state index is 4.33. The van der Waals surface area contributed by atoms with E-state index in [9.17, 15) is 0 Å². The summed E-state index contributed by atoms with van der Waals surface area (Å²) in [6, 6.07) is 1.87. The lowest BCUT2D eigenvalue weighted by atomic mass is 10.2. The van der Waals surface area contributed by atoms with Gasteiger partial charge in [-0.2, -0.15) is 5.10 Å². The second-order valence-corrected chi connectivity index (χ2v) is 3.10. The summed E-state index contributed by atoms with van der Waals surface area (Å²) in [5.74, 6) is 0.622. The monoisotopic (exact) mass is 203 g/mol. The summed E-state index contributed by atoms with van der Waals surface area (Å²) < 4.78 is 1.87. The van der Waals surface area contributed by atoms with Gasteiger partial charge in [-0.05, 0) is 13.0 Å². The van der Waals surface area contributed by atoms with E-state index in [1.54, 1.807) is 13.2 Å². The van der Waals surface area contributed by atoms with Crippen LogP contribution in [0.2, 0.25) is 0 Å². The molecule has 0 saturated carbocycles. The van der Waals surface area contributed by atoms with Gasteiger partial charge in [0.25, 0.3) is 0 Å². The molecule has 15 heavy (non-hydrogen) atoms. The van der Waals surface area contributed by atoms with Crippen LogP contribution in [0.3, 0.4) is 0 Å². The molecule has 2 aromatic heterocycles. The minimum atomic E-state index is 0.622. The summed E-state index contributed by atoms with van der Waals surface area (Å²) in [7, 11) is 1.80. The number of hydrogen-bond donors (Lipinski definition) is 1. The van der Waals surface area contributed by atoms with Crippen molar-refractivity contribution in [1.82, 2.24) is 19.7 Å². The van der Waals surface area contributed by atoms with Crippen LogP contribution in [0.15, 0.2) is 24.7 Å². The van der Waals surface area contributed by atoms with Crippen molar-refractivity contribution in [2.75, 3.05) is 12.4 Å². The molecule has 2 aromatic rings. The Balaban J connectivity index is 2.35. The van der Waals surface area contributed by atoms with Gasteiger partial charge >= 0.3 is 0 Å². The van der Waals surface area contributed by atoms with Gasteiger partial charge in [0.2, 0.25) is 5.95 Å². The molecule has 0 atom stereocenters. The van der Waals surface area contributed by atoms with Crippen molar-refractivity contribution in [3.05, 3.63) is 24.7 Å². The predicted molar refractivity (Wildman–Crippen MR) is 58.5 cm³/mol. The van der Waals surface area contributed by atoms with Gasteiger partial charge in [-0.1, -0.05) is 0 Å². The highest BCUT2D eigenvalue weighted by atomic mass is 15.3. The second-order valence-electron chi connectivity index (χ2n) is 3.10. The van der Waals surface area contributed by atoms with Crippen LogP contribution in [-0.2, 0) is 6.54 Å². The molecule has 0 aliphatic rings. The minimum absolute atomic E-state index is 0.622. The average molecular weight is 203 g/mol. The van der Waals surface area contributed by atoms with E-state index in [0.717, 1.165) is 17.8 Å². The third-order valence-electron chi connectivity index (χ3n) is 2.13. The lowest BCUT2D eigenvalue weighted by molar-refractivity contribution is 0.660. The Bertz CT molecular complexity index is 449. The Morgan fingerprint density at radius 1 is 1.47 bits per heavy atom. The van der Waals surface area contributed by atoms with E-state index in [4.69, 9.17) is 0 Å². The highest BCUT2D eigenvalue weighted by Gasteiger charge is 2.03. The quantitative estimate of drug-likeness (QED) is 0.819. The Morgan fingerprint density at radius 3 is 3.00 bits per heavy atom. The first kappa shape index (κ1) is 9.64. The van der Waals surface area contributed by atoms with Crippen LogP contribution < -0.4 is 5.32 Å². The van der Waals surface area contributed by atoms with Crippen molar-refractivity contribution in [2.24, 2.45) is 0 Å². The summed E-state index contributed by atoms with van der Waals surface area (Å²) in [4.78, 5) is 8.39. The van der Waals surface area contributed by atoms with Crippen LogP contribution in [0, 0.1) is 0 Å².